The van der Waals surface area contributed by atoms with Crippen LogP contribution < -0.4 is 15.8 Å². The van der Waals surface area contributed by atoms with Crippen LogP contribution in [0.2, 0.25) is 0 Å². The van der Waals surface area contributed by atoms with Crippen LogP contribution in [0.5, 0.6) is 5.75 Å². The molecule has 3 unspecified atom stereocenters. The number of carbonyl (C=O) groups excluding carboxylic acids is 1. The second-order valence-corrected chi connectivity index (χ2v) is 8.83. The predicted molar refractivity (Wildman–Crippen MR) is 130 cm³/mol. The van der Waals surface area contributed by atoms with Crippen LogP contribution in [0.4, 0.5) is 0 Å². The van der Waals surface area contributed by atoms with Gasteiger partial charge in [0.05, 0.1) is 11.7 Å². The van der Waals surface area contributed by atoms with Gasteiger partial charge in [-0.15, -0.1) is 0 Å². The molecule has 0 aromatic heterocycles. The molecule has 3 aromatic rings. The molecule has 0 radical (unpaired) electrons. The van der Waals surface area contributed by atoms with Crippen LogP contribution in [0.3, 0.4) is 0 Å². The van der Waals surface area contributed by atoms with E-state index in [0.29, 0.717) is 24.3 Å². The molecule has 172 valence electrons. The SMILES string of the molecule is CC(CCc1ccccc1)NC1CCc2c(ccc(OCc3ccccc3)c2C(N)=O)C1O. The number of aliphatic hydroxyl groups is 1. The summed E-state index contributed by atoms with van der Waals surface area (Å²) in [7, 11) is 0. The summed E-state index contributed by atoms with van der Waals surface area (Å²) in [5, 5.41) is 14.7. The number of fused-ring (bicyclic) bond motifs is 1. The third-order valence-corrected chi connectivity index (χ3v) is 6.41. The topological polar surface area (TPSA) is 84.6 Å². The van der Waals surface area contributed by atoms with E-state index in [9.17, 15) is 9.90 Å². The molecule has 0 bridgehead atoms. The second-order valence-electron chi connectivity index (χ2n) is 8.83. The summed E-state index contributed by atoms with van der Waals surface area (Å²) in [5.74, 6) is -0.0512. The number of primary amides is 1. The van der Waals surface area contributed by atoms with Gasteiger partial charge in [-0.05, 0) is 60.9 Å². The Morgan fingerprint density at radius 3 is 2.39 bits per heavy atom. The van der Waals surface area contributed by atoms with Gasteiger partial charge in [0.25, 0.3) is 5.91 Å². The number of amides is 1. The smallest absolute Gasteiger partial charge is 0.252 e. The zero-order valence-electron chi connectivity index (χ0n) is 19.0. The maximum atomic E-state index is 12.3. The monoisotopic (exact) mass is 444 g/mol. The fourth-order valence-electron chi connectivity index (χ4n) is 4.64. The summed E-state index contributed by atoms with van der Waals surface area (Å²) in [6.45, 7) is 2.51. The third kappa shape index (κ3) is 5.62. The summed E-state index contributed by atoms with van der Waals surface area (Å²) in [6, 6.07) is 24.0. The number of benzene rings is 3. The van der Waals surface area contributed by atoms with Crippen LogP contribution in [0.25, 0.3) is 0 Å². The summed E-state index contributed by atoms with van der Waals surface area (Å²) in [5.41, 5.74) is 10.0. The van der Waals surface area contributed by atoms with Crippen molar-refractivity contribution in [3.63, 3.8) is 0 Å². The van der Waals surface area contributed by atoms with Crippen molar-refractivity contribution in [2.24, 2.45) is 5.73 Å². The van der Waals surface area contributed by atoms with Crippen molar-refractivity contribution >= 4 is 5.91 Å². The molecule has 4 rings (SSSR count). The van der Waals surface area contributed by atoms with E-state index in [1.165, 1.54) is 5.56 Å². The number of ether oxygens (including phenoxy) is 1. The highest BCUT2D eigenvalue weighted by atomic mass is 16.5. The Morgan fingerprint density at radius 2 is 1.73 bits per heavy atom. The number of carbonyl (C=O) groups is 1. The van der Waals surface area contributed by atoms with Crippen molar-refractivity contribution in [3.05, 3.63) is 101 Å². The first-order chi connectivity index (χ1) is 16.0. The van der Waals surface area contributed by atoms with Crippen LogP contribution >= 0.6 is 0 Å². The average Bonchev–Trinajstić information content (AvgIpc) is 2.84. The zero-order chi connectivity index (χ0) is 23.2. The molecule has 0 saturated carbocycles. The van der Waals surface area contributed by atoms with E-state index in [1.54, 1.807) is 6.07 Å². The summed E-state index contributed by atoms with van der Waals surface area (Å²) in [6.07, 6.45) is 2.67. The Hall–Kier alpha value is -3.15. The number of nitrogens with two attached hydrogens (primary N) is 1. The molecular weight excluding hydrogens is 412 g/mol. The first-order valence-electron chi connectivity index (χ1n) is 11.6. The molecule has 3 aromatic carbocycles. The largest absolute Gasteiger partial charge is 0.488 e. The Labute approximate surface area is 195 Å². The quantitative estimate of drug-likeness (QED) is 0.459. The Balaban J connectivity index is 1.44. The molecule has 1 aliphatic rings. The van der Waals surface area contributed by atoms with Crippen molar-refractivity contribution in [2.45, 2.75) is 57.4 Å². The van der Waals surface area contributed by atoms with Gasteiger partial charge in [0.15, 0.2) is 0 Å². The molecule has 0 aliphatic heterocycles. The number of hydrogen-bond donors (Lipinski definition) is 3. The van der Waals surface area contributed by atoms with E-state index in [-0.39, 0.29) is 12.1 Å². The van der Waals surface area contributed by atoms with Gasteiger partial charge in [-0.1, -0.05) is 66.7 Å². The molecular formula is C28H32N2O3. The number of rotatable bonds is 9. The van der Waals surface area contributed by atoms with E-state index in [1.807, 2.05) is 42.5 Å². The molecule has 0 spiro atoms. The first kappa shape index (κ1) is 23.0. The minimum atomic E-state index is -0.700. The maximum Gasteiger partial charge on any atom is 0.252 e. The average molecular weight is 445 g/mol. The van der Waals surface area contributed by atoms with Gasteiger partial charge in [-0.2, -0.15) is 0 Å². The van der Waals surface area contributed by atoms with E-state index < -0.39 is 12.0 Å². The van der Waals surface area contributed by atoms with Crippen LogP contribution in [0, 0.1) is 0 Å². The predicted octanol–water partition coefficient (Wildman–Crippen LogP) is 4.32. The van der Waals surface area contributed by atoms with Gasteiger partial charge in [0.1, 0.15) is 12.4 Å². The lowest BCUT2D eigenvalue weighted by Gasteiger charge is -2.34. The normalized spacial score (nSPS) is 18.4. The van der Waals surface area contributed by atoms with Gasteiger partial charge in [0, 0.05) is 12.1 Å². The highest BCUT2D eigenvalue weighted by Gasteiger charge is 2.32. The van der Waals surface area contributed by atoms with Gasteiger partial charge in [-0.3, -0.25) is 4.79 Å². The maximum absolute atomic E-state index is 12.3. The van der Waals surface area contributed by atoms with Gasteiger partial charge in [-0.25, -0.2) is 0 Å². The van der Waals surface area contributed by atoms with Crippen LogP contribution in [-0.2, 0) is 19.4 Å². The molecule has 5 nitrogen and oxygen atoms in total. The summed E-state index contributed by atoms with van der Waals surface area (Å²) < 4.78 is 5.95. The van der Waals surface area contributed by atoms with Gasteiger partial charge in [0.2, 0.25) is 0 Å². The van der Waals surface area contributed by atoms with E-state index in [2.05, 4.69) is 36.5 Å². The second kappa shape index (κ2) is 10.6. The van der Waals surface area contributed by atoms with Crippen molar-refractivity contribution in [3.8, 4) is 5.75 Å². The molecule has 1 amide bonds. The van der Waals surface area contributed by atoms with Crippen molar-refractivity contribution in [2.75, 3.05) is 0 Å². The number of nitrogens with one attached hydrogen (secondary N) is 1. The minimum Gasteiger partial charge on any atom is -0.488 e. The molecule has 3 atom stereocenters. The minimum absolute atomic E-state index is 0.0694. The summed E-state index contributed by atoms with van der Waals surface area (Å²) >= 11 is 0. The van der Waals surface area contributed by atoms with Crippen molar-refractivity contribution in [1.82, 2.24) is 5.32 Å². The standard InChI is InChI=1S/C28H32N2O3/c1-19(12-13-20-8-4-2-5-9-20)30-24-16-14-22-23(27(24)31)15-17-25(26(22)28(29)32)33-18-21-10-6-3-7-11-21/h2-11,15,17,19,24,27,30-31H,12-14,16,18H2,1H3,(H2,29,32). The molecule has 1 aliphatic carbocycles. The van der Waals surface area contributed by atoms with Gasteiger partial charge >= 0.3 is 0 Å². The van der Waals surface area contributed by atoms with Crippen LogP contribution in [0.15, 0.2) is 72.8 Å². The highest BCUT2D eigenvalue weighted by Crippen LogP contribution is 2.36. The lowest BCUT2D eigenvalue weighted by Crippen LogP contribution is -2.43. The Kier molecular flexibility index (Phi) is 7.43. The van der Waals surface area contributed by atoms with E-state index in [0.717, 1.165) is 36.0 Å². The van der Waals surface area contributed by atoms with E-state index >= 15 is 0 Å². The summed E-state index contributed by atoms with van der Waals surface area (Å²) in [4.78, 5) is 12.3. The molecule has 0 fully saturated rings. The molecule has 0 saturated heterocycles. The fraction of sp³-hybridized carbons (Fsp3) is 0.321. The Bertz CT molecular complexity index is 1070. The molecule has 33 heavy (non-hydrogen) atoms. The lowest BCUT2D eigenvalue weighted by molar-refractivity contribution is 0.0982. The molecule has 5 heteroatoms. The molecule has 0 heterocycles. The van der Waals surface area contributed by atoms with Crippen LogP contribution in [0.1, 0.15) is 58.5 Å². The molecule has 4 N–H and O–H groups in total. The van der Waals surface area contributed by atoms with E-state index in [4.69, 9.17) is 10.5 Å². The highest BCUT2D eigenvalue weighted by molar-refractivity contribution is 5.97. The first-order valence-corrected chi connectivity index (χ1v) is 11.6. The fourth-order valence-corrected chi connectivity index (χ4v) is 4.64. The van der Waals surface area contributed by atoms with Crippen molar-refractivity contribution < 1.29 is 14.6 Å². The van der Waals surface area contributed by atoms with Crippen molar-refractivity contribution in [1.29, 1.82) is 0 Å². The van der Waals surface area contributed by atoms with Crippen LogP contribution in [-0.4, -0.2) is 23.1 Å². The van der Waals surface area contributed by atoms with Gasteiger partial charge < -0.3 is 20.9 Å². The zero-order valence-corrected chi connectivity index (χ0v) is 19.0. The lowest BCUT2D eigenvalue weighted by atomic mass is 9.82. The third-order valence-electron chi connectivity index (χ3n) is 6.41. The number of aliphatic hydroxyl groups excluding tert-OH is 1. The number of aryl methyl sites for hydroxylation is 1. The number of hydrogen-bond acceptors (Lipinski definition) is 4. The Morgan fingerprint density at radius 1 is 1.06 bits per heavy atom.